The van der Waals surface area contributed by atoms with E-state index < -0.39 is 5.97 Å². The molecule has 37 heavy (non-hydrogen) atoms. The van der Waals surface area contributed by atoms with Gasteiger partial charge in [-0.15, -0.1) is 0 Å². The summed E-state index contributed by atoms with van der Waals surface area (Å²) >= 11 is 1.43. The first-order valence-corrected chi connectivity index (χ1v) is 13.6. The zero-order valence-electron chi connectivity index (χ0n) is 21.5. The molecule has 1 aliphatic rings. The molecule has 0 saturated heterocycles. The summed E-state index contributed by atoms with van der Waals surface area (Å²) in [6.07, 6.45) is 6.56. The van der Waals surface area contributed by atoms with Crippen molar-refractivity contribution in [3.8, 4) is 17.2 Å². The molecule has 0 aliphatic heterocycles. The van der Waals surface area contributed by atoms with Crippen LogP contribution in [0.2, 0.25) is 0 Å². The molecule has 0 unspecified atom stereocenters. The van der Waals surface area contributed by atoms with E-state index in [1.54, 1.807) is 25.3 Å². The van der Waals surface area contributed by atoms with Crippen LogP contribution in [0, 0.1) is 5.92 Å². The Morgan fingerprint density at radius 3 is 2.51 bits per heavy atom. The molecule has 0 amide bonds. The number of oxazole rings is 1. The summed E-state index contributed by atoms with van der Waals surface area (Å²) in [6.45, 7) is 2.31. The second kappa shape index (κ2) is 11.3. The Morgan fingerprint density at radius 2 is 1.81 bits per heavy atom. The Balaban J connectivity index is 1.27. The third kappa shape index (κ3) is 5.62. The van der Waals surface area contributed by atoms with Crippen LogP contribution in [-0.2, 0) is 4.74 Å². The van der Waals surface area contributed by atoms with Gasteiger partial charge >= 0.3 is 5.97 Å². The Labute approximate surface area is 221 Å². The van der Waals surface area contributed by atoms with Gasteiger partial charge in [-0.2, -0.15) is 0 Å². The van der Waals surface area contributed by atoms with Crippen LogP contribution in [0.15, 0.2) is 70.0 Å². The van der Waals surface area contributed by atoms with Crippen LogP contribution in [0.1, 0.15) is 60.9 Å². The lowest BCUT2D eigenvalue weighted by molar-refractivity contribution is 0.0600. The molecule has 4 aromatic rings. The maximum atomic E-state index is 11.8. The highest BCUT2D eigenvalue weighted by Gasteiger charge is 2.21. The smallest absolute Gasteiger partial charge is 0.337 e. The summed E-state index contributed by atoms with van der Waals surface area (Å²) in [7, 11) is 2.93. The van der Waals surface area contributed by atoms with Gasteiger partial charge in [0.25, 0.3) is 0 Å². The van der Waals surface area contributed by atoms with E-state index in [1.165, 1.54) is 56.7 Å². The summed E-state index contributed by atoms with van der Waals surface area (Å²) in [5.41, 5.74) is 5.16. The fraction of sp³-hybridized carbons (Fsp3) is 0.333. The summed E-state index contributed by atoms with van der Waals surface area (Å²) < 4.78 is 19.6. The van der Waals surface area contributed by atoms with Gasteiger partial charge < -0.3 is 18.6 Å². The van der Waals surface area contributed by atoms with Crippen molar-refractivity contribution < 1.29 is 18.7 Å². The largest absolute Gasteiger partial charge is 0.495 e. The van der Waals surface area contributed by atoms with Gasteiger partial charge in [-0.25, -0.2) is 9.78 Å². The molecule has 0 bridgehead atoms. The van der Waals surface area contributed by atoms with Crippen LogP contribution in [0.4, 0.5) is 5.69 Å². The number of nitrogens with zero attached hydrogens (tertiary/aromatic N) is 1. The highest BCUT2D eigenvalue weighted by molar-refractivity contribution is 8.00. The van der Waals surface area contributed by atoms with Crippen LogP contribution in [0.5, 0.6) is 5.75 Å². The zero-order valence-corrected chi connectivity index (χ0v) is 22.3. The lowest BCUT2D eigenvalue weighted by Crippen LogP contribution is -2.12. The number of carbonyl (C=O) groups is 1. The minimum Gasteiger partial charge on any atom is -0.495 e. The van der Waals surface area contributed by atoms with Crippen molar-refractivity contribution in [3.63, 3.8) is 0 Å². The molecule has 6 nitrogen and oxygen atoms in total. The lowest BCUT2D eigenvalue weighted by Gasteiger charge is -2.28. The number of hydrogen-bond donors (Lipinski definition) is 1. The molecule has 1 aliphatic carbocycles. The predicted octanol–water partition coefficient (Wildman–Crippen LogP) is 8.09. The van der Waals surface area contributed by atoms with Crippen molar-refractivity contribution >= 4 is 34.7 Å². The number of esters is 1. The highest BCUT2D eigenvalue weighted by atomic mass is 32.2. The van der Waals surface area contributed by atoms with Crippen LogP contribution in [-0.4, -0.2) is 25.2 Å². The Morgan fingerprint density at radius 1 is 1.03 bits per heavy atom. The van der Waals surface area contributed by atoms with Gasteiger partial charge in [0.2, 0.25) is 5.89 Å². The summed E-state index contributed by atoms with van der Waals surface area (Å²) in [6, 6.07) is 19.8. The molecule has 1 N–H and O–H groups in total. The van der Waals surface area contributed by atoms with E-state index in [4.69, 9.17) is 18.9 Å². The van der Waals surface area contributed by atoms with Gasteiger partial charge in [-0.1, -0.05) is 25.5 Å². The van der Waals surface area contributed by atoms with Crippen molar-refractivity contribution in [1.82, 2.24) is 4.98 Å². The van der Waals surface area contributed by atoms with Gasteiger partial charge in [0.1, 0.15) is 11.3 Å². The molecule has 0 spiro atoms. The van der Waals surface area contributed by atoms with Crippen molar-refractivity contribution in [2.24, 2.45) is 5.92 Å². The van der Waals surface area contributed by atoms with E-state index in [-0.39, 0.29) is 0 Å². The molecule has 3 aromatic carbocycles. The van der Waals surface area contributed by atoms with Crippen molar-refractivity contribution in [2.75, 3.05) is 18.9 Å². The first-order valence-electron chi connectivity index (χ1n) is 12.8. The fourth-order valence-electron chi connectivity index (χ4n) is 5.03. The minimum absolute atomic E-state index is 0.404. The van der Waals surface area contributed by atoms with E-state index in [0.29, 0.717) is 23.1 Å². The number of fused-ring (bicyclic) bond motifs is 1. The average molecular weight is 517 g/mol. The quantitative estimate of drug-likeness (QED) is 0.187. The molecule has 0 radical (unpaired) electrons. The molecular weight excluding hydrogens is 484 g/mol. The van der Waals surface area contributed by atoms with Crippen LogP contribution < -0.4 is 9.46 Å². The van der Waals surface area contributed by atoms with Gasteiger partial charge in [-0.3, -0.25) is 0 Å². The minimum atomic E-state index is -0.404. The second-order valence-corrected chi connectivity index (χ2v) is 10.4. The number of hydrogen-bond acceptors (Lipinski definition) is 7. The van der Waals surface area contributed by atoms with E-state index in [9.17, 15) is 4.79 Å². The second-order valence-electron chi connectivity index (χ2n) is 9.51. The third-order valence-corrected chi connectivity index (χ3v) is 8.13. The van der Waals surface area contributed by atoms with E-state index >= 15 is 0 Å². The van der Waals surface area contributed by atoms with Gasteiger partial charge in [0.05, 0.1) is 25.5 Å². The Kier molecular flexibility index (Phi) is 7.70. The van der Waals surface area contributed by atoms with Gasteiger partial charge in [0, 0.05) is 10.5 Å². The molecule has 1 heterocycles. The maximum Gasteiger partial charge on any atom is 0.337 e. The molecule has 7 heteroatoms. The molecule has 1 fully saturated rings. The summed E-state index contributed by atoms with van der Waals surface area (Å²) in [4.78, 5) is 17.5. The van der Waals surface area contributed by atoms with Gasteiger partial charge in [0.15, 0.2) is 5.58 Å². The first-order chi connectivity index (χ1) is 18.1. The molecule has 192 valence electrons. The van der Waals surface area contributed by atoms with Crippen LogP contribution in [0.25, 0.3) is 22.6 Å². The van der Waals surface area contributed by atoms with E-state index in [1.807, 2.05) is 18.2 Å². The van der Waals surface area contributed by atoms with Crippen molar-refractivity contribution in [3.05, 3.63) is 71.8 Å². The first kappa shape index (κ1) is 25.2. The topological polar surface area (TPSA) is 73.6 Å². The molecule has 0 atom stereocenters. The number of anilines is 1. The molecule has 1 aromatic heterocycles. The van der Waals surface area contributed by atoms with Crippen LogP contribution >= 0.6 is 11.9 Å². The third-order valence-electron chi connectivity index (χ3n) is 7.31. The number of ether oxygens (including phenoxy) is 2. The summed E-state index contributed by atoms with van der Waals surface area (Å²) in [5.74, 6) is 2.36. The molecule has 1 saturated carbocycles. The zero-order chi connectivity index (χ0) is 25.8. The van der Waals surface area contributed by atoms with E-state index in [2.05, 4.69) is 35.9 Å². The number of carbonyl (C=O) groups excluding carboxylic acids is 1. The number of benzene rings is 3. The van der Waals surface area contributed by atoms with Crippen molar-refractivity contribution in [2.45, 2.75) is 49.8 Å². The summed E-state index contributed by atoms with van der Waals surface area (Å²) in [5, 5.41) is 0. The van der Waals surface area contributed by atoms with Crippen LogP contribution in [0.3, 0.4) is 0 Å². The normalized spacial score (nSPS) is 17.5. The standard InChI is InChI=1S/C30H32N2O4S/c1-4-19-5-7-20(8-6-19)21-9-11-22(12-10-21)29-31-26-18-24(14-16-27(26)36-29)37-32-25-15-13-23(30(33)35-3)17-28(25)34-2/h9-20,32H,4-8H2,1-3H3. The molecular formula is C30H32N2O4S. The number of rotatable bonds is 8. The average Bonchev–Trinajstić information content (AvgIpc) is 3.39. The Bertz CT molecular complexity index is 1370. The van der Waals surface area contributed by atoms with Gasteiger partial charge in [-0.05, 0) is 104 Å². The number of methoxy groups -OCH3 is 2. The molecule has 5 rings (SSSR count). The fourth-order valence-corrected chi connectivity index (χ4v) is 5.73. The SMILES string of the molecule is CCC1CCC(c2ccc(-c3nc4cc(SNc5ccc(C(=O)OC)cc5OC)ccc4o3)cc2)CC1. The van der Waals surface area contributed by atoms with E-state index in [0.717, 1.165) is 33.2 Å². The monoisotopic (exact) mass is 516 g/mol. The highest BCUT2D eigenvalue weighted by Crippen LogP contribution is 2.38. The van der Waals surface area contributed by atoms with Crippen molar-refractivity contribution in [1.29, 1.82) is 0 Å². The number of aromatic nitrogens is 1. The Hall–Kier alpha value is -3.45. The maximum absolute atomic E-state index is 11.8. The lowest BCUT2D eigenvalue weighted by atomic mass is 9.78. The number of nitrogens with one attached hydrogen (secondary N) is 1. The predicted molar refractivity (Wildman–Crippen MR) is 148 cm³/mol.